The van der Waals surface area contributed by atoms with Gasteiger partial charge in [-0.15, -0.1) is 0 Å². The lowest BCUT2D eigenvalue weighted by Crippen LogP contribution is -2.12. The molecule has 0 radical (unpaired) electrons. The van der Waals surface area contributed by atoms with Crippen molar-refractivity contribution in [2.75, 3.05) is 9.80 Å². The summed E-state index contributed by atoms with van der Waals surface area (Å²) in [6.45, 7) is 16.0. The maximum Gasteiger partial charge on any atom is 0.0618 e. The van der Waals surface area contributed by atoms with Gasteiger partial charge in [0.05, 0.1) is 11.4 Å². The normalized spacial score (nSPS) is 10.3. The molecule has 0 atom stereocenters. The minimum atomic E-state index is 1.12. The molecule has 0 bridgehead atoms. The zero-order chi connectivity index (χ0) is 43.8. The molecule has 0 heterocycles. The zero-order valence-electron chi connectivity index (χ0n) is 37.7. The first-order chi connectivity index (χ1) is 30.9. The van der Waals surface area contributed by atoms with Gasteiger partial charge in [-0.1, -0.05) is 225 Å². The van der Waals surface area contributed by atoms with Crippen LogP contribution in [0.4, 0.5) is 34.1 Å². The summed E-state index contributed by atoms with van der Waals surface area (Å²) in [5, 5.41) is 9.67. The largest absolute Gasteiger partial charge is 0.309 e. The highest BCUT2D eigenvalue weighted by molar-refractivity contribution is 6.30. The van der Waals surface area contributed by atoms with Crippen molar-refractivity contribution in [3.63, 3.8) is 0 Å². The van der Waals surface area contributed by atoms with Gasteiger partial charge in [-0.25, -0.2) is 0 Å². The van der Waals surface area contributed by atoms with Gasteiger partial charge in [-0.2, -0.15) is 0 Å². The molecule has 0 amide bonds. The van der Waals surface area contributed by atoms with Crippen molar-refractivity contribution < 1.29 is 0 Å². The van der Waals surface area contributed by atoms with Crippen LogP contribution in [0.3, 0.4) is 0 Å². The van der Waals surface area contributed by atoms with E-state index in [-0.39, 0.29) is 0 Å². The highest BCUT2D eigenvalue weighted by atomic mass is 15.2. The van der Waals surface area contributed by atoms with Crippen molar-refractivity contribution in [2.24, 2.45) is 0 Å². The second-order valence-corrected chi connectivity index (χ2v) is 13.6. The fourth-order valence-corrected chi connectivity index (χ4v) is 8.35. The van der Waals surface area contributed by atoms with Crippen molar-refractivity contribution in [1.29, 1.82) is 0 Å². The minimum Gasteiger partial charge on any atom is -0.309 e. The van der Waals surface area contributed by atoms with Crippen molar-refractivity contribution in [2.45, 2.75) is 55.4 Å². The molecule has 2 heteroatoms. The van der Waals surface area contributed by atoms with Gasteiger partial charge in [-0.3, -0.25) is 0 Å². The van der Waals surface area contributed by atoms with Crippen LogP contribution >= 0.6 is 0 Å². The third-order valence-electron chi connectivity index (χ3n) is 10.6. The number of para-hydroxylation sites is 4. The molecule has 0 saturated carbocycles. The Morgan fingerprint density at radius 3 is 0.548 bits per heavy atom. The second kappa shape index (κ2) is 21.9. The molecule has 0 aliphatic rings. The van der Waals surface area contributed by atoms with E-state index in [1.165, 1.54) is 65.6 Å². The SMILES string of the molecule is CC.CC.CC.CC.c1ccc(N(c2ccccc2)c2c3ccccc3c(-c3c4ccccc4c(N(c4ccccc4)c4ccccc4)c4ccccc34)c3ccccc23)cc1. The topological polar surface area (TPSA) is 6.48 Å². The van der Waals surface area contributed by atoms with Crippen molar-refractivity contribution in [3.8, 4) is 11.1 Å². The molecule has 10 aromatic carbocycles. The van der Waals surface area contributed by atoms with Gasteiger partial charge >= 0.3 is 0 Å². The number of benzene rings is 10. The van der Waals surface area contributed by atoms with Crippen LogP contribution in [0.25, 0.3) is 54.2 Å². The first-order valence-electron chi connectivity index (χ1n) is 22.5. The number of hydrogen-bond acceptors (Lipinski definition) is 2. The fourth-order valence-electron chi connectivity index (χ4n) is 8.35. The Morgan fingerprint density at radius 2 is 0.355 bits per heavy atom. The Labute approximate surface area is 370 Å². The van der Waals surface area contributed by atoms with Gasteiger partial charge < -0.3 is 9.80 Å². The molecule has 0 saturated heterocycles. The Balaban J connectivity index is 0.000000760. The summed E-state index contributed by atoms with van der Waals surface area (Å²) in [7, 11) is 0. The average Bonchev–Trinajstić information content (AvgIpc) is 3.38. The maximum atomic E-state index is 2.42. The summed E-state index contributed by atoms with van der Waals surface area (Å²) in [4.78, 5) is 4.84. The molecule has 0 unspecified atom stereocenters. The van der Waals surface area contributed by atoms with E-state index in [4.69, 9.17) is 0 Å². The van der Waals surface area contributed by atoms with Gasteiger partial charge in [0.1, 0.15) is 0 Å². The number of nitrogens with zero attached hydrogens (tertiary/aromatic N) is 2. The van der Waals surface area contributed by atoms with Gasteiger partial charge in [0.2, 0.25) is 0 Å². The van der Waals surface area contributed by atoms with Gasteiger partial charge in [-0.05, 0) is 81.2 Å². The molecule has 0 fully saturated rings. The van der Waals surface area contributed by atoms with E-state index in [0.717, 1.165) is 22.7 Å². The number of anilines is 6. The number of fused-ring (bicyclic) bond motifs is 4. The smallest absolute Gasteiger partial charge is 0.0618 e. The lowest BCUT2D eigenvalue weighted by Gasteiger charge is -2.31. The molecule has 310 valence electrons. The van der Waals surface area contributed by atoms with Crippen LogP contribution in [-0.2, 0) is 0 Å². The van der Waals surface area contributed by atoms with Crippen LogP contribution in [0.1, 0.15) is 55.4 Å². The third kappa shape index (κ3) is 8.55. The van der Waals surface area contributed by atoms with Crippen LogP contribution < -0.4 is 9.80 Å². The molecular weight excluding hydrogens is 749 g/mol. The Kier molecular flexibility index (Phi) is 15.7. The number of rotatable bonds is 7. The van der Waals surface area contributed by atoms with Crippen molar-refractivity contribution in [1.82, 2.24) is 0 Å². The van der Waals surface area contributed by atoms with Gasteiger partial charge in [0.15, 0.2) is 0 Å². The highest BCUT2D eigenvalue weighted by Gasteiger charge is 2.26. The second-order valence-electron chi connectivity index (χ2n) is 13.6. The van der Waals surface area contributed by atoms with E-state index in [0.29, 0.717) is 0 Å². The van der Waals surface area contributed by atoms with E-state index in [9.17, 15) is 0 Å². The Bertz CT molecular complexity index is 2530. The Hall–Kier alpha value is -7.16. The van der Waals surface area contributed by atoms with E-state index < -0.39 is 0 Å². The quantitative estimate of drug-likeness (QED) is 0.148. The minimum absolute atomic E-state index is 1.12. The van der Waals surface area contributed by atoms with Crippen molar-refractivity contribution >= 4 is 77.2 Å². The third-order valence-corrected chi connectivity index (χ3v) is 10.6. The van der Waals surface area contributed by atoms with Crippen LogP contribution in [0.15, 0.2) is 218 Å². The summed E-state index contributed by atoms with van der Waals surface area (Å²) < 4.78 is 0. The molecule has 62 heavy (non-hydrogen) atoms. The maximum absolute atomic E-state index is 2.42. The summed E-state index contributed by atoms with van der Waals surface area (Å²) in [5.41, 5.74) is 9.32. The molecule has 0 N–H and O–H groups in total. The molecule has 0 aromatic heterocycles. The van der Waals surface area contributed by atoms with Crippen LogP contribution in [0.5, 0.6) is 0 Å². The zero-order valence-corrected chi connectivity index (χ0v) is 37.7. The number of hydrogen-bond donors (Lipinski definition) is 0. The van der Waals surface area contributed by atoms with E-state index in [1.54, 1.807) is 0 Å². The van der Waals surface area contributed by atoms with E-state index >= 15 is 0 Å². The molecule has 0 spiro atoms. The van der Waals surface area contributed by atoms with Crippen LogP contribution in [0, 0.1) is 0 Å². The molecule has 10 rings (SSSR count). The lowest BCUT2D eigenvalue weighted by atomic mass is 9.84. The predicted octanol–water partition coefficient (Wildman–Crippen LogP) is 19.0. The standard InChI is InChI=1S/C52H36N2.4C2H6/c1-5-21-37(22-6-1)53(38-23-7-2-8-24-38)51-45-33-17-13-29-41(45)49(42-30-14-18-34-46(42)51)50-43-31-15-19-35-47(43)52(48-36-20-16-32-44(48)50)54(39-25-9-3-10-26-39)40-27-11-4-12-28-40;4*1-2/h1-36H;4*1-2H3. The van der Waals surface area contributed by atoms with E-state index in [1.807, 2.05) is 55.4 Å². The van der Waals surface area contributed by atoms with Crippen LogP contribution in [0.2, 0.25) is 0 Å². The van der Waals surface area contributed by atoms with Crippen LogP contribution in [-0.4, -0.2) is 0 Å². The molecular formula is C60H60N2. The van der Waals surface area contributed by atoms with Gasteiger partial charge in [0.25, 0.3) is 0 Å². The monoisotopic (exact) mass is 808 g/mol. The molecule has 0 aliphatic heterocycles. The summed E-state index contributed by atoms with van der Waals surface area (Å²) in [6, 6.07) is 78.8. The summed E-state index contributed by atoms with van der Waals surface area (Å²) in [6.07, 6.45) is 0. The highest BCUT2D eigenvalue weighted by Crippen LogP contribution is 2.53. The first-order valence-corrected chi connectivity index (χ1v) is 22.5. The van der Waals surface area contributed by atoms with Gasteiger partial charge in [0, 0.05) is 44.3 Å². The molecule has 2 nitrogen and oxygen atoms in total. The summed E-state index contributed by atoms with van der Waals surface area (Å²) in [5.74, 6) is 0. The lowest BCUT2D eigenvalue weighted by molar-refractivity contribution is 1.31. The summed E-state index contributed by atoms with van der Waals surface area (Å²) >= 11 is 0. The first kappa shape index (κ1) is 44.4. The average molecular weight is 809 g/mol. The predicted molar refractivity (Wildman–Crippen MR) is 277 cm³/mol. The molecule has 0 aliphatic carbocycles. The fraction of sp³-hybridized carbons (Fsp3) is 0.133. The Morgan fingerprint density at radius 1 is 0.194 bits per heavy atom. The van der Waals surface area contributed by atoms with E-state index in [2.05, 4.69) is 228 Å². The van der Waals surface area contributed by atoms with Crippen molar-refractivity contribution in [3.05, 3.63) is 218 Å². The molecule has 10 aromatic rings.